The van der Waals surface area contributed by atoms with E-state index in [1.54, 1.807) is 12.1 Å². The van der Waals surface area contributed by atoms with Gasteiger partial charge in [-0.3, -0.25) is 9.59 Å². The Labute approximate surface area is 161 Å². The Balaban J connectivity index is 1.92. The molecule has 1 N–H and O–H groups in total. The minimum absolute atomic E-state index is 0.0223. The zero-order chi connectivity index (χ0) is 19.6. The first-order valence-electron chi connectivity index (χ1n) is 8.38. The lowest BCUT2D eigenvalue weighted by atomic mass is 10.1. The van der Waals surface area contributed by atoms with Crippen LogP contribution in [0.1, 0.15) is 27.0 Å². The predicted octanol–water partition coefficient (Wildman–Crippen LogP) is 4.56. The third-order valence-electron chi connectivity index (χ3n) is 4.30. The molecule has 0 aliphatic heterocycles. The van der Waals surface area contributed by atoms with Gasteiger partial charge in [-0.2, -0.15) is 0 Å². The molecule has 6 heteroatoms. The number of amides is 1. The minimum Gasteiger partial charge on any atom is -0.322 e. The molecule has 1 amide bonds. The highest BCUT2D eigenvalue weighted by atomic mass is 35.5. The van der Waals surface area contributed by atoms with Crippen LogP contribution in [0.5, 0.6) is 0 Å². The first-order chi connectivity index (χ1) is 12.9. The lowest BCUT2D eigenvalue weighted by molar-refractivity contribution is 0.102. The summed E-state index contributed by atoms with van der Waals surface area (Å²) in [6.07, 6.45) is 1.50. The average molecular weight is 385 g/mol. The smallest absolute Gasteiger partial charge is 0.263 e. The van der Waals surface area contributed by atoms with Gasteiger partial charge in [0, 0.05) is 22.5 Å². The van der Waals surface area contributed by atoms with E-state index in [1.807, 2.05) is 32.0 Å². The number of halogens is 2. The van der Waals surface area contributed by atoms with Crippen molar-refractivity contribution in [1.29, 1.82) is 0 Å². The Morgan fingerprint density at radius 3 is 2.67 bits per heavy atom. The van der Waals surface area contributed by atoms with Crippen LogP contribution in [0, 0.1) is 19.7 Å². The van der Waals surface area contributed by atoms with Crippen molar-refractivity contribution >= 4 is 23.2 Å². The van der Waals surface area contributed by atoms with Crippen molar-refractivity contribution in [1.82, 2.24) is 4.57 Å². The standard InChI is InChI=1S/C21H18ClFN2O2/c1-13-8-9-14(2)19(11-13)24-20(26)15-5-4-10-25(21(15)27)12-16-17(22)6-3-7-18(16)23/h3-11H,12H2,1-2H3,(H,24,26). The molecule has 0 saturated heterocycles. The highest BCUT2D eigenvalue weighted by Gasteiger charge is 2.15. The second kappa shape index (κ2) is 7.76. The fourth-order valence-electron chi connectivity index (χ4n) is 2.75. The average Bonchev–Trinajstić information content (AvgIpc) is 2.62. The molecule has 0 bridgehead atoms. The van der Waals surface area contributed by atoms with Crippen LogP contribution in [-0.2, 0) is 6.54 Å². The molecular weight excluding hydrogens is 367 g/mol. The van der Waals surface area contributed by atoms with Crippen LogP contribution in [0.2, 0.25) is 5.02 Å². The Morgan fingerprint density at radius 1 is 1.15 bits per heavy atom. The lowest BCUT2D eigenvalue weighted by Crippen LogP contribution is -2.29. The summed E-state index contributed by atoms with van der Waals surface area (Å²) < 4.78 is 15.3. The van der Waals surface area contributed by atoms with E-state index < -0.39 is 17.3 Å². The first-order valence-corrected chi connectivity index (χ1v) is 8.75. The molecule has 0 radical (unpaired) electrons. The molecule has 0 aliphatic rings. The summed E-state index contributed by atoms with van der Waals surface area (Å²) in [4.78, 5) is 25.3. The van der Waals surface area contributed by atoms with E-state index in [-0.39, 0.29) is 22.7 Å². The molecule has 0 aliphatic carbocycles. The summed E-state index contributed by atoms with van der Waals surface area (Å²) in [5.74, 6) is -1.01. The van der Waals surface area contributed by atoms with E-state index in [4.69, 9.17) is 11.6 Å². The molecule has 3 aromatic rings. The number of aromatic nitrogens is 1. The second-order valence-electron chi connectivity index (χ2n) is 6.33. The van der Waals surface area contributed by atoms with Gasteiger partial charge >= 0.3 is 0 Å². The van der Waals surface area contributed by atoms with Gasteiger partial charge in [-0.05, 0) is 55.3 Å². The minimum atomic E-state index is -0.514. The molecule has 3 rings (SSSR count). The van der Waals surface area contributed by atoms with E-state index >= 15 is 0 Å². The van der Waals surface area contributed by atoms with Gasteiger partial charge in [-0.1, -0.05) is 29.8 Å². The third-order valence-corrected chi connectivity index (χ3v) is 4.65. The van der Waals surface area contributed by atoms with Crippen LogP contribution in [0.25, 0.3) is 0 Å². The van der Waals surface area contributed by atoms with Gasteiger partial charge in [-0.25, -0.2) is 4.39 Å². The number of rotatable bonds is 4. The molecule has 1 heterocycles. The molecule has 0 spiro atoms. The number of carbonyl (C=O) groups is 1. The highest BCUT2D eigenvalue weighted by Crippen LogP contribution is 2.20. The van der Waals surface area contributed by atoms with E-state index in [1.165, 1.54) is 29.0 Å². The van der Waals surface area contributed by atoms with Crippen molar-refractivity contribution in [3.8, 4) is 0 Å². The number of hydrogen-bond donors (Lipinski definition) is 1. The van der Waals surface area contributed by atoms with Gasteiger partial charge in [0.1, 0.15) is 11.4 Å². The number of pyridine rings is 1. The lowest BCUT2D eigenvalue weighted by Gasteiger charge is -2.12. The third kappa shape index (κ3) is 4.09. The van der Waals surface area contributed by atoms with E-state index in [0.717, 1.165) is 11.1 Å². The summed E-state index contributed by atoms with van der Waals surface area (Å²) in [5.41, 5.74) is 2.20. The van der Waals surface area contributed by atoms with Crippen molar-refractivity contribution in [2.24, 2.45) is 0 Å². The van der Waals surface area contributed by atoms with Crippen LogP contribution in [0.4, 0.5) is 10.1 Å². The van der Waals surface area contributed by atoms with Crippen LogP contribution >= 0.6 is 11.6 Å². The summed E-state index contributed by atoms with van der Waals surface area (Å²) in [6.45, 7) is 3.73. The fraction of sp³-hybridized carbons (Fsp3) is 0.143. The maximum absolute atomic E-state index is 14.0. The van der Waals surface area contributed by atoms with Crippen molar-refractivity contribution in [3.05, 3.63) is 98.2 Å². The normalized spacial score (nSPS) is 10.7. The Morgan fingerprint density at radius 2 is 1.93 bits per heavy atom. The monoisotopic (exact) mass is 384 g/mol. The van der Waals surface area contributed by atoms with Gasteiger partial charge in [0.15, 0.2) is 0 Å². The van der Waals surface area contributed by atoms with Gasteiger partial charge in [0.25, 0.3) is 11.5 Å². The second-order valence-corrected chi connectivity index (χ2v) is 6.73. The van der Waals surface area contributed by atoms with Gasteiger partial charge in [0.05, 0.1) is 6.54 Å². The number of carbonyl (C=O) groups excluding carboxylic acids is 1. The molecule has 2 aromatic carbocycles. The molecule has 27 heavy (non-hydrogen) atoms. The molecule has 138 valence electrons. The Hall–Kier alpha value is -2.92. The molecule has 0 saturated carbocycles. The maximum atomic E-state index is 14.0. The highest BCUT2D eigenvalue weighted by molar-refractivity contribution is 6.31. The van der Waals surface area contributed by atoms with Crippen molar-refractivity contribution in [2.45, 2.75) is 20.4 Å². The van der Waals surface area contributed by atoms with Crippen molar-refractivity contribution in [3.63, 3.8) is 0 Å². The van der Waals surface area contributed by atoms with Crippen LogP contribution < -0.4 is 10.9 Å². The molecule has 0 unspecified atom stereocenters. The van der Waals surface area contributed by atoms with Gasteiger partial charge in [-0.15, -0.1) is 0 Å². The van der Waals surface area contributed by atoms with Crippen LogP contribution in [0.3, 0.4) is 0 Å². The van der Waals surface area contributed by atoms with Crippen molar-refractivity contribution < 1.29 is 9.18 Å². The molecule has 4 nitrogen and oxygen atoms in total. The van der Waals surface area contributed by atoms with Crippen LogP contribution in [-0.4, -0.2) is 10.5 Å². The van der Waals surface area contributed by atoms with Crippen molar-refractivity contribution in [2.75, 3.05) is 5.32 Å². The zero-order valence-corrected chi connectivity index (χ0v) is 15.7. The molecule has 0 fully saturated rings. The number of nitrogens with zero attached hydrogens (tertiary/aromatic N) is 1. The summed E-state index contributed by atoms with van der Waals surface area (Å²) in [5, 5.41) is 3.00. The predicted molar refractivity (Wildman–Crippen MR) is 105 cm³/mol. The molecule has 0 atom stereocenters. The van der Waals surface area contributed by atoms with E-state index in [9.17, 15) is 14.0 Å². The summed E-state index contributed by atoms with van der Waals surface area (Å²) >= 11 is 6.04. The molecular formula is C21H18ClFN2O2. The quantitative estimate of drug-likeness (QED) is 0.717. The first kappa shape index (κ1) is 18.9. The largest absolute Gasteiger partial charge is 0.322 e. The Kier molecular flexibility index (Phi) is 5.42. The fourth-order valence-corrected chi connectivity index (χ4v) is 2.97. The number of nitrogens with one attached hydrogen (secondary N) is 1. The summed E-state index contributed by atoms with van der Waals surface area (Å²) in [7, 11) is 0. The molecule has 1 aromatic heterocycles. The number of hydrogen-bond acceptors (Lipinski definition) is 2. The van der Waals surface area contributed by atoms with E-state index in [0.29, 0.717) is 5.69 Å². The number of benzene rings is 2. The summed E-state index contributed by atoms with van der Waals surface area (Å²) in [6, 6.07) is 13.0. The number of anilines is 1. The number of aryl methyl sites for hydroxylation is 2. The maximum Gasteiger partial charge on any atom is 0.263 e. The van der Waals surface area contributed by atoms with E-state index in [2.05, 4.69) is 5.32 Å². The van der Waals surface area contributed by atoms with Gasteiger partial charge in [0.2, 0.25) is 0 Å². The SMILES string of the molecule is Cc1ccc(C)c(NC(=O)c2cccn(Cc3c(F)cccc3Cl)c2=O)c1. The zero-order valence-electron chi connectivity index (χ0n) is 14.9. The topological polar surface area (TPSA) is 51.1 Å². The van der Waals surface area contributed by atoms with Gasteiger partial charge < -0.3 is 9.88 Å². The van der Waals surface area contributed by atoms with Crippen LogP contribution in [0.15, 0.2) is 59.5 Å². The Bertz CT molecular complexity index is 1060.